The molecule has 3 fully saturated rings. The normalized spacial score (nSPS) is 36.6. The van der Waals surface area contributed by atoms with Crippen LogP contribution in [0.5, 0.6) is 0 Å². The number of fused-ring (bicyclic) bond motifs is 1. The molecule has 1 heterocycles. The molecule has 0 N–H and O–H groups in total. The molecule has 20 heavy (non-hydrogen) atoms. The van der Waals surface area contributed by atoms with Crippen molar-refractivity contribution in [3.8, 4) is 0 Å². The van der Waals surface area contributed by atoms with E-state index in [-0.39, 0.29) is 23.4 Å². The summed E-state index contributed by atoms with van der Waals surface area (Å²) in [5, 5.41) is 0. The Bertz CT molecular complexity index is 510. The van der Waals surface area contributed by atoms with Crippen molar-refractivity contribution in [3.05, 3.63) is 12.2 Å². The van der Waals surface area contributed by atoms with Crippen molar-refractivity contribution >= 4 is 17.9 Å². The summed E-state index contributed by atoms with van der Waals surface area (Å²) in [4.78, 5) is 34.7. The molecule has 0 aromatic rings. The lowest BCUT2D eigenvalue weighted by atomic mass is 9.87. The fourth-order valence-corrected chi connectivity index (χ4v) is 3.58. The first kappa shape index (κ1) is 13.1. The second-order valence-corrected chi connectivity index (χ2v) is 5.82. The highest BCUT2D eigenvalue weighted by Gasteiger charge is 2.68. The molecule has 4 atom stereocenters. The van der Waals surface area contributed by atoms with E-state index in [1.807, 2.05) is 0 Å². The Hall–Kier alpha value is -1.85. The minimum absolute atomic E-state index is 0.0409. The van der Waals surface area contributed by atoms with Crippen LogP contribution >= 0.6 is 0 Å². The van der Waals surface area contributed by atoms with Crippen molar-refractivity contribution in [2.75, 3.05) is 6.61 Å². The summed E-state index contributed by atoms with van der Waals surface area (Å²) in [6, 6.07) is 0. The van der Waals surface area contributed by atoms with Crippen molar-refractivity contribution < 1.29 is 28.6 Å². The van der Waals surface area contributed by atoms with Crippen LogP contribution in [0.25, 0.3) is 0 Å². The first-order valence-electron chi connectivity index (χ1n) is 6.68. The molecular formula is C14H16O6. The van der Waals surface area contributed by atoms with Gasteiger partial charge in [-0.3, -0.25) is 4.79 Å². The topological polar surface area (TPSA) is 78.9 Å². The van der Waals surface area contributed by atoms with Gasteiger partial charge in [-0.1, -0.05) is 6.58 Å². The van der Waals surface area contributed by atoms with E-state index >= 15 is 0 Å². The highest BCUT2D eigenvalue weighted by Crippen LogP contribution is 2.60. The fraction of sp³-hybridized carbons (Fsp3) is 0.643. The highest BCUT2D eigenvalue weighted by molar-refractivity contribution is 5.88. The molecule has 0 radical (unpaired) electrons. The minimum Gasteiger partial charge on any atom is -0.450 e. The van der Waals surface area contributed by atoms with Crippen LogP contribution in [0.1, 0.15) is 26.2 Å². The molecule has 2 aliphatic carbocycles. The van der Waals surface area contributed by atoms with E-state index in [9.17, 15) is 14.4 Å². The maximum Gasteiger partial charge on any atom is 0.347 e. The summed E-state index contributed by atoms with van der Waals surface area (Å²) < 4.78 is 15.4. The molecule has 0 spiro atoms. The molecule has 108 valence electrons. The molecule has 3 rings (SSSR count). The molecule has 1 aliphatic heterocycles. The fourth-order valence-electron chi connectivity index (χ4n) is 3.58. The van der Waals surface area contributed by atoms with Crippen molar-refractivity contribution in [2.45, 2.75) is 32.0 Å². The van der Waals surface area contributed by atoms with Crippen LogP contribution < -0.4 is 0 Å². The summed E-state index contributed by atoms with van der Waals surface area (Å²) in [6.45, 7) is 4.42. The first-order valence-corrected chi connectivity index (χ1v) is 6.68. The van der Waals surface area contributed by atoms with E-state index in [0.29, 0.717) is 12.3 Å². The maximum atomic E-state index is 11.8. The van der Waals surface area contributed by atoms with Gasteiger partial charge in [-0.15, -0.1) is 0 Å². The molecule has 3 aliphatic rings. The Morgan fingerprint density at radius 2 is 2.20 bits per heavy atom. The van der Waals surface area contributed by atoms with Crippen molar-refractivity contribution in [3.63, 3.8) is 0 Å². The quantitative estimate of drug-likeness (QED) is 0.563. The van der Waals surface area contributed by atoms with Crippen molar-refractivity contribution in [1.82, 2.24) is 0 Å². The summed E-state index contributed by atoms with van der Waals surface area (Å²) in [5.74, 6) is -2.53. The molecular weight excluding hydrogens is 264 g/mol. The summed E-state index contributed by atoms with van der Waals surface area (Å²) in [5.41, 5.74) is 0.211. The molecule has 0 aromatic heterocycles. The van der Waals surface area contributed by atoms with Gasteiger partial charge in [0.05, 0.1) is 11.8 Å². The molecule has 2 saturated carbocycles. The molecule has 6 heteroatoms. The monoisotopic (exact) mass is 280 g/mol. The second kappa shape index (κ2) is 4.33. The van der Waals surface area contributed by atoms with E-state index in [4.69, 9.17) is 14.2 Å². The number of rotatable bonds is 4. The number of esters is 3. The molecule has 0 aromatic carbocycles. The van der Waals surface area contributed by atoms with E-state index in [1.54, 1.807) is 0 Å². The predicted octanol–water partition coefficient (Wildman–Crippen LogP) is 0.948. The maximum absolute atomic E-state index is 11.8. The SMILES string of the molecule is C=C(C)C(=O)OCC(=O)OC12CC3CC(C(=O)O1)C2C3. The highest BCUT2D eigenvalue weighted by atomic mass is 16.7. The Kier molecular flexibility index (Phi) is 2.84. The molecule has 4 unspecified atom stereocenters. The van der Waals surface area contributed by atoms with Gasteiger partial charge in [0.25, 0.3) is 5.79 Å². The smallest absolute Gasteiger partial charge is 0.347 e. The Morgan fingerprint density at radius 3 is 2.85 bits per heavy atom. The molecule has 0 amide bonds. The number of carbonyl (C=O) groups excluding carboxylic acids is 3. The van der Waals surface area contributed by atoms with Crippen LogP contribution in [-0.2, 0) is 28.6 Å². The third kappa shape index (κ3) is 1.90. The Labute approximate surface area is 116 Å². The average Bonchev–Trinajstić information content (AvgIpc) is 2.95. The lowest BCUT2D eigenvalue weighted by Crippen LogP contribution is -2.40. The number of carbonyl (C=O) groups is 3. The van der Waals surface area contributed by atoms with Crippen molar-refractivity contribution in [1.29, 1.82) is 0 Å². The van der Waals surface area contributed by atoms with Gasteiger partial charge < -0.3 is 14.2 Å². The lowest BCUT2D eigenvalue weighted by molar-refractivity contribution is -0.225. The molecule has 6 nitrogen and oxygen atoms in total. The number of hydrogen-bond donors (Lipinski definition) is 0. The summed E-state index contributed by atoms with van der Waals surface area (Å²) in [7, 11) is 0. The number of hydrogen-bond acceptors (Lipinski definition) is 6. The van der Waals surface area contributed by atoms with Crippen LogP contribution in [0.4, 0.5) is 0 Å². The van der Waals surface area contributed by atoms with E-state index in [0.717, 1.165) is 12.8 Å². The number of ether oxygens (including phenoxy) is 3. The largest absolute Gasteiger partial charge is 0.450 e. The van der Waals surface area contributed by atoms with Gasteiger partial charge in [-0.05, 0) is 25.7 Å². The molecule has 2 bridgehead atoms. The Morgan fingerprint density at radius 1 is 1.45 bits per heavy atom. The first-order chi connectivity index (χ1) is 9.41. The van der Waals surface area contributed by atoms with Gasteiger partial charge in [-0.2, -0.15) is 0 Å². The third-order valence-electron chi connectivity index (χ3n) is 4.33. The summed E-state index contributed by atoms with van der Waals surface area (Å²) in [6.07, 6.45) is 2.24. The minimum atomic E-state index is -1.11. The predicted molar refractivity (Wildman–Crippen MR) is 65.0 cm³/mol. The van der Waals surface area contributed by atoms with Gasteiger partial charge in [-0.25, -0.2) is 9.59 Å². The van der Waals surface area contributed by atoms with Crippen LogP contribution in [0.3, 0.4) is 0 Å². The van der Waals surface area contributed by atoms with Crippen LogP contribution in [0.15, 0.2) is 12.2 Å². The van der Waals surface area contributed by atoms with Crippen LogP contribution in [0.2, 0.25) is 0 Å². The standard InChI is InChI=1S/C14H16O6/c1-7(2)12(16)18-6-11(15)19-14-5-8-3-9(10(14)4-8)13(17)20-14/h8-10H,1,3-6H2,2H3. The van der Waals surface area contributed by atoms with E-state index in [2.05, 4.69) is 6.58 Å². The van der Waals surface area contributed by atoms with Gasteiger partial charge in [0.1, 0.15) is 0 Å². The summed E-state index contributed by atoms with van der Waals surface area (Å²) >= 11 is 0. The van der Waals surface area contributed by atoms with Gasteiger partial charge in [0, 0.05) is 12.0 Å². The van der Waals surface area contributed by atoms with Gasteiger partial charge >= 0.3 is 17.9 Å². The van der Waals surface area contributed by atoms with E-state index in [1.165, 1.54) is 6.92 Å². The lowest BCUT2D eigenvalue weighted by Gasteiger charge is -2.29. The zero-order chi connectivity index (χ0) is 14.5. The van der Waals surface area contributed by atoms with Gasteiger partial charge in [0.15, 0.2) is 6.61 Å². The van der Waals surface area contributed by atoms with Gasteiger partial charge in [0.2, 0.25) is 0 Å². The third-order valence-corrected chi connectivity index (χ3v) is 4.33. The Balaban J connectivity index is 1.61. The zero-order valence-corrected chi connectivity index (χ0v) is 11.2. The van der Waals surface area contributed by atoms with Crippen LogP contribution in [0, 0.1) is 17.8 Å². The molecule has 1 saturated heterocycles. The van der Waals surface area contributed by atoms with E-state index < -0.39 is 24.3 Å². The van der Waals surface area contributed by atoms with Crippen molar-refractivity contribution in [2.24, 2.45) is 17.8 Å². The second-order valence-electron chi connectivity index (χ2n) is 5.82. The van der Waals surface area contributed by atoms with Crippen LogP contribution in [-0.4, -0.2) is 30.3 Å². The zero-order valence-electron chi connectivity index (χ0n) is 11.2. The average molecular weight is 280 g/mol.